The van der Waals surface area contributed by atoms with Crippen molar-refractivity contribution in [1.82, 2.24) is 9.78 Å². The maximum atomic E-state index is 10.6. The van der Waals surface area contributed by atoms with E-state index >= 15 is 0 Å². The topological polar surface area (TPSA) is 38.0 Å². The third-order valence-electron chi connectivity index (χ3n) is 5.61. The van der Waals surface area contributed by atoms with Crippen LogP contribution in [0.1, 0.15) is 44.3 Å². The molecule has 18 heavy (non-hydrogen) atoms. The molecule has 0 aliphatic heterocycles. The van der Waals surface area contributed by atoms with Crippen molar-refractivity contribution in [2.24, 2.45) is 29.6 Å². The number of rotatable bonds is 4. The fourth-order valence-electron chi connectivity index (χ4n) is 4.92. The third kappa shape index (κ3) is 1.43. The number of hydrogen-bond donors (Lipinski definition) is 1. The van der Waals surface area contributed by atoms with Crippen LogP contribution >= 0.6 is 0 Å². The van der Waals surface area contributed by atoms with E-state index in [1.807, 2.05) is 17.1 Å². The highest BCUT2D eigenvalue weighted by Gasteiger charge is 2.66. The SMILES string of the molecule is CCCn1cc(C(O)C2C3C4CCC(C4)C32)cn1. The van der Waals surface area contributed by atoms with E-state index < -0.39 is 0 Å². The third-order valence-corrected chi connectivity index (χ3v) is 5.61. The van der Waals surface area contributed by atoms with E-state index in [9.17, 15) is 5.11 Å². The number of aryl methyl sites for hydroxylation is 1. The number of aliphatic hydroxyl groups excluding tert-OH is 1. The van der Waals surface area contributed by atoms with Crippen molar-refractivity contribution < 1.29 is 5.11 Å². The molecule has 3 fully saturated rings. The molecule has 5 atom stereocenters. The van der Waals surface area contributed by atoms with Gasteiger partial charge in [-0.05, 0) is 55.3 Å². The molecular formula is C15H22N2O. The Labute approximate surface area is 108 Å². The Hall–Kier alpha value is -0.830. The van der Waals surface area contributed by atoms with E-state index in [1.165, 1.54) is 19.3 Å². The maximum Gasteiger partial charge on any atom is 0.0854 e. The van der Waals surface area contributed by atoms with Crippen LogP contribution in [0.2, 0.25) is 0 Å². The number of nitrogens with zero attached hydrogens (tertiary/aromatic N) is 2. The molecule has 3 aliphatic rings. The highest BCUT2D eigenvalue weighted by atomic mass is 16.3. The molecule has 5 unspecified atom stereocenters. The lowest BCUT2D eigenvalue weighted by Crippen LogP contribution is -2.07. The van der Waals surface area contributed by atoms with Crippen molar-refractivity contribution in [3.63, 3.8) is 0 Å². The Bertz CT molecular complexity index is 439. The highest BCUT2D eigenvalue weighted by molar-refractivity contribution is 5.21. The highest BCUT2D eigenvalue weighted by Crippen LogP contribution is 2.72. The van der Waals surface area contributed by atoms with Gasteiger partial charge in [-0.25, -0.2) is 0 Å². The van der Waals surface area contributed by atoms with Crippen LogP contribution in [-0.2, 0) is 6.54 Å². The Morgan fingerprint density at radius 1 is 1.39 bits per heavy atom. The maximum absolute atomic E-state index is 10.6. The van der Waals surface area contributed by atoms with Crippen molar-refractivity contribution in [3.05, 3.63) is 18.0 Å². The van der Waals surface area contributed by atoms with Crippen LogP contribution in [0.3, 0.4) is 0 Å². The summed E-state index contributed by atoms with van der Waals surface area (Å²) in [5.41, 5.74) is 1.04. The first-order valence-corrected chi connectivity index (χ1v) is 7.50. The largest absolute Gasteiger partial charge is 0.388 e. The van der Waals surface area contributed by atoms with Gasteiger partial charge in [-0.1, -0.05) is 6.92 Å². The van der Waals surface area contributed by atoms with Gasteiger partial charge < -0.3 is 5.11 Å². The van der Waals surface area contributed by atoms with Crippen LogP contribution < -0.4 is 0 Å². The summed E-state index contributed by atoms with van der Waals surface area (Å²) < 4.78 is 1.96. The van der Waals surface area contributed by atoms with Crippen molar-refractivity contribution >= 4 is 0 Å². The number of aromatic nitrogens is 2. The van der Waals surface area contributed by atoms with E-state index in [0.717, 1.165) is 42.2 Å². The van der Waals surface area contributed by atoms with Gasteiger partial charge in [0.1, 0.15) is 0 Å². The van der Waals surface area contributed by atoms with Gasteiger partial charge >= 0.3 is 0 Å². The summed E-state index contributed by atoms with van der Waals surface area (Å²) in [5.74, 6) is 4.10. The molecule has 1 N–H and O–H groups in total. The lowest BCUT2D eigenvalue weighted by molar-refractivity contribution is 0.130. The molecule has 3 aliphatic carbocycles. The Kier molecular flexibility index (Phi) is 2.35. The summed E-state index contributed by atoms with van der Waals surface area (Å²) >= 11 is 0. The zero-order chi connectivity index (χ0) is 12.3. The fourth-order valence-corrected chi connectivity index (χ4v) is 4.92. The lowest BCUT2D eigenvalue weighted by atomic mass is 9.96. The summed E-state index contributed by atoms with van der Waals surface area (Å²) in [6, 6.07) is 0. The zero-order valence-electron chi connectivity index (χ0n) is 11.0. The smallest absolute Gasteiger partial charge is 0.0854 e. The molecule has 1 aromatic rings. The minimum absolute atomic E-state index is 0.256. The normalized spacial score (nSPS) is 42.0. The average molecular weight is 246 g/mol. The number of fused-ring (bicyclic) bond motifs is 5. The van der Waals surface area contributed by atoms with Gasteiger partial charge in [-0.15, -0.1) is 0 Å². The van der Waals surface area contributed by atoms with Gasteiger partial charge in [0.2, 0.25) is 0 Å². The van der Waals surface area contributed by atoms with E-state index in [2.05, 4.69) is 12.0 Å². The van der Waals surface area contributed by atoms with E-state index in [1.54, 1.807) is 0 Å². The van der Waals surface area contributed by atoms with Crippen LogP contribution in [0.4, 0.5) is 0 Å². The van der Waals surface area contributed by atoms with Crippen LogP contribution in [0.15, 0.2) is 12.4 Å². The fraction of sp³-hybridized carbons (Fsp3) is 0.800. The molecule has 2 bridgehead atoms. The van der Waals surface area contributed by atoms with Gasteiger partial charge in [-0.3, -0.25) is 4.68 Å². The van der Waals surface area contributed by atoms with Crippen LogP contribution in [-0.4, -0.2) is 14.9 Å². The van der Waals surface area contributed by atoms with Crippen molar-refractivity contribution in [2.75, 3.05) is 0 Å². The standard InChI is InChI=1S/C15H22N2O/c1-2-5-17-8-11(7-16-17)15(18)14-12-9-3-4-10(6-9)13(12)14/h7-10,12-15,18H,2-6H2,1H3. The summed E-state index contributed by atoms with van der Waals surface area (Å²) in [5, 5.41) is 14.9. The second-order valence-corrected chi connectivity index (χ2v) is 6.55. The van der Waals surface area contributed by atoms with Crippen LogP contribution in [0, 0.1) is 29.6 Å². The Morgan fingerprint density at radius 3 is 2.78 bits per heavy atom. The Morgan fingerprint density at radius 2 is 2.11 bits per heavy atom. The molecule has 0 amide bonds. The lowest BCUT2D eigenvalue weighted by Gasteiger charge is -2.13. The second-order valence-electron chi connectivity index (χ2n) is 6.55. The van der Waals surface area contributed by atoms with Gasteiger partial charge in [0.15, 0.2) is 0 Å². The van der Waals surface area contributed by atoms with Gasteiger partial charge in [-0.2, -0.15) is 5.10 Å². The summed E-state index contributed by atoms with van der Waals surface area (Å²) in [7, 11) is 0. The molecule has 1 aromatic heterocycles. The first-order valence-electron chi connectivity index (χ1n) is 7.50. The molecule has 1 heterocycles. The Balaban J connectivity index is 1.49. The molecule has 0 spiro atoms. The van der Waals surface area contributed by atoms with Gasteiger partial charge in [0.25, 0.3) is 0 Å². The molecule has 3 saturated carbocycles. The predicted octanol–water partition coefficient (Wildman–Crippen LogP) is 2.62. The quantitative estimate of drug-likeness (QED) is 0.887. The molecule has 3 nitrogen and oxygen atoms in total. The summed E-state index contributed by atoms with van der Waals surface area (Å²) in [4.78, 5) is 0. The van der Waals surface area contributed by atoms with Crippen LogP contribution in [0.5, 0.6) is 0 Å². The molecule has 0 radical (unpaired) electrons. The molecule has 0 aromatic carbocycles. The number of aliphatic hydroxyl groups is 1. The summed E-state index contributed by atoms with van der Waals surface area (Å²) in [6.07, 6.45) is 9.05. The molecular weight excluding hydrogens is 224 g/mol. The number of hydrogen-bond acceptors (Lipinski definition) is 2. The second kappa shape index (κ2) is 3.83. The molecule has 98 valence electrons. The van der Waals surface area contributed by atoms with Gasteiger partial charge in [0.05, 0.1) is 12.3 Å². The average Bonchev–Trinajstić information content (AvgIpc) is 2.76. The van der Waals surface area contributed by atoms with Crippen molar-refractivity contribution in [1.29, 1.82) is 0 Å². The first-order chi connectivity index (χ1) is 8.79. The zero-order valence-corrected chi connectivity index (χ0v) is 11.0. The minimum atomic E-state index is -0.256. The van der Waals surface area contributed by atoms with Crippen LogP contribution in [0.25, 0.3) is 0 Å². The molecule has 4 rings (SSSR count). The van der Waals surface area contributed by atoms with Gasteiger partial charge in [0, 0.05) is 18.3 Å². The summed E-state index contributed by atoms with van der Waals surface area (Å²) in [6.45, 7) is 3.11. The molecule has 0 saturated heterocycles. The first kappa shape index (κ1) is 11.0. The van der Waals surface area contributed by atoms with E-state index in [0.29, 0.717) is 5.92 Å². The van der Waals surface area contributed by atoms with Crippen molar-refractivity contribution in [2.45, 2.75) is 45.3 Å². The van der Waals surface area contributed by atoms with E-state index in [-0.39, 0.29) is 6.10 Å². The minimum Gasteiger partial charge on any atom is -0.388 e. The monoisotopic (exact) mass is 246 g/mol. The molecule has 3 heteroatoms. The predicted molar refractivity (Wildman–Crippen MR) is 68.8 cm³/mol. The van der Waals surface area contributed by atoms with Crippen molar-refractivity contribution in [3.8, 4) is 0 Å². The van der Waals surface area contributed by atoms with E-state index in [4.69, 9.17) is 0 Å².